The molecule has 2 atom stereocenters. The number of aliphatic carboxylic acids is 1. The summed E-state index contributed by atoms with van der Waals surface area (Å²) < 4.78 is 25.1. The quantitative estimate of drug-likeness (QED) is 0.675. The molecule has 0 aromatic carbocycles. The van der Waals surface area contributed by atoms with Crippen LogP contribution in [0.1, 0.15) is 19.8 Å². The normalized spacial score (nSPS) is 34.5. The number of carbonyl (C=O) groups is 1. The van der Waals surface area contributed by atoms with Crippen LogP contribution in [0.25, 0.3) is 0 Å². The van der Waals surface area contributed by atoms with Gasteiger partial charge < -0.3 is 5.11 Å². The highest BCUT2D eigenvalue weighted by Gasteiger charge is 2.57. The molecule has 0 aromatic rings. The van der Waals surface area contributed by atoms with Crippen LogP contribution in [0.4, 0.5) is 8.78 Å². The summed E-state index contributed by atoms with van der Waals surface area (Å²) in [7, 11) is 0. The standard InChI is InChI=1S/C7H10F2O2/c1-2-5-4(6(10)11)3-7(5,8)9/h4-5H,2-3H2,1H3,(H,10,11). The van der Waals surface area contributed by atoms with Crippen LogP contribution in [0.3, 0.4) is 0 Å². The lowest BCUT2D eigenvalue weighted by Crippen LogP contribution is -2.50. The van der Waals surface area contributed by atoms with Crippen molar-refractivity contribution >= 4 is 5.97 Å². The second kappa shape index (κ2) is 2.43. The Morgan fingerprint density at radius 2 is 2.27 bits per heavy atom. The molecule has 11 heavy (non-hydrogen) atoms. The summed E-state index contributed by atoms with van der Waals surface area (Å²) in [6.45, 7) is 1.59. The molecule has 1 aliphatic rings. The Bertz CT molecular complexity index is 179. The van der Waals surface area contributed by atoms with Crippen LogP contribution in [0, 0.1) is 11.8 Å². The molecule has 0 bridgehead atoms. The van der Waals surface area contributed by atoms with Crippen LogP contribution < -0.4 is 0 Å². The van der Waals surface area contributed by atoms with Crippen molar-refractivity contribution in [2.24, 2.45) is 11.8 Å². The summed E-state index contributed by atoms with van der Waals surface area (Å²) in [4.78, 5) is 10.3. The summed E-state index contributed by atoms with van der Waals surface area (Å²) in [5.41, 5.74) is 0. The Balaban J connectivity index is 2.60. The fraction of sp³-hybridized carbons (Fsp3) is 0.857. The highest BCUT2D eigenvalue weighted by atomic mass is 19.3. The number of carboxylic acid groups (broad SMARTS) is 1. The molecule has 1 aliphatic carbocycles. The minimum Gasteiger partial charge on any atom is -0.481 e. The zero-order valence-corrected chi connectivity index (χ0v) is 6.18. The molecule has 0 amide bonds. The molecule has 1 fully saturated rings. The van der Waals surface area contributed by atoms with Crippen molar-refractivity contribution in [3.63, 3.8) is 0 Å². The number of alkyl halides is 2. The van der Waals surface area contributed by atoms with E-state index >= 15 is 0 Å². The highest BCUT2D eigenvalue weighted by molar-refractivity contribution is 5.72. The number of carboxylic acids is 1. The van der Waals surface area contributed by atoms with Gasteiger partial charge in [-0.25, -0.2) is 8.78 Å². The van der Waals surface area contributed by atoms with Gasteiger partial charge in [0.1, 0.15) is 0 Å². The van der Waals surface area contributed by atoms with E-state index in [2.05, 4.69) is 0 Å². The molecule has 64 valence electrons. The van der Waals surface area contributed by atoms with E-state index in [9.17, 15) is 13.6 Å². The molecule has 2 nitrogen and oxygen atoms in total. The Kier molecular flexibility index (Phi) is 1.86. The van der Waals surface area contributed by atoms with Gasteiger partial charge in [-0.1, -0.05) is 6.92 Å². The molecule has 0 spiro atoms. The first-order valence-corrected chi connectivity index (χ1v) is 3.59. The fourth-order valence-electron chi connectivity index (χ4n) is 1.56. The van der Waals surface area contributed by atoms with Crippen LogP contribution in [0.5, 0.6) is 0 Å². The van der Waals surface area contributed by atoms with E-state index < -0.39 is 30.1 Å². The Labute approximate surface area is 63.2 Å². The van der Waals surface area contributed by atoms with Crippen molar-refractivity contribution < 1.29 is 18.7 Å². The van der Waals surface area contributed by atoms with Gasteiger partial charge in [0.25, 0.3) is 5.92 Å². The third kappa shape index (κ3) is 1.21. The van der Waals surface area contributed by atoms with Crippen molar-refractivity contribution in [1.82, 2.24) is 0 Å². The molecule has 0 aliphatic heterocycles. The number of halogens is 2. The average Bonchev–Trinajstić information content (AvgIpc) is 1.84. The van der Waals surface area contributed by atoms with E-state index in [-0.39, 0.29) is 6.42 Å². The van der Waals surface area contributed by atoms with E-state index in [4.69, 9.17) is 5.11 Å². The van der Waals surface area contributed by atoms with Crippen molar-refractivity contribution in [3.8, 4) is 0 Å². The Hall–Kier alpha value is -0.670. The van der Waals surface area contributed by atoms with E-state index in [1.165, 1.54) is 0 Å². The van der Waals surface area contributed by atoms with Crippen molar-refractivity contribution in [2.45, 2.75) is 25.7 Å². The largest absolute Gasteiger partial charge is 0.481 e. The monoisotopic (exact) mass is 164 g/mol. The molecule has 2 unspecified atom stereocenters. The van der Waals surface area contributed by atoms with Crippen molar-refractivity contribution in [3.05, 3.63) is 0 Å². The van der Waals surface area contributed by atoms with Crippen LogP contribution in [-0.2, 0) is 4.79 Å². The smallest absolute Gasteiger partial charge is 0.307 e. The van der Waals surface area contributed by atoms with Gasteiger partial charge in [0, 0.05) is 12.3 Å². The molecule has 0 aromatic heterocycles. The fourth-order valence-corrected chi connectivity index (χ4v) is 1.56. The first-order chi connectivity index (χ1) is 4.99. The van der Waals surface area contributed by atoms with E-state index in [1.54, 1.807) is 6.92 Å². The summed E-state index contributed by atoms with van der Waals surface area (Å²) in [5.74, 6) is -5.60. The molecule has 0 saturated heterocycles. The van der Waals surface area contributed by atoms with E-state index in [1.807, 2.05) is 0 Å². The van der Waals surface area contributed by atoms with Gasteiger partial charge in [-0.15, -0.1) is 0 Å². The lowest BCUT2D eigenvalue weighted by atomic mass is 9.69. The van der Waals surface area contributed by atoms with Crippen LogP contribution >= 0.6 is 0 Å². The second-order valence-corrected chi connectivity index (χ2v) is 2.92. The average molecular weight is 164 g/mol. The third-order valence-electron chi connectivity index (χ3n) is 2.28. The summed E-state index contributed by atoms with van der Waals surface area (Å²) in [6, 6.07) is 0. The van der Waals surface area contributed by atoms with Crippen molar-refractivity contribution in [1.29, 1.82) is 0 Å². The molecule has 1 saturated carbocycles. The Morgan fingerprint density at radius 1 is 1.73 bits per heavy atom. The lowest BCUT2D eigenvalue weighted by Gasteiger charge is -2.41. The molecule has 0 radical (unpaired) electrons. The summed E-state index contributed by atoms with van der Waals surface area (Å²) in [5, 5.41) is 8.43. The molecule has 1 rings (SSSR count). The molecular formula is C7H10F2O2. The molecular weight excluding hydrogens is 154 g/mol. The van der Waals surface area contributed by atoms with Gasteiger partial charge in [0.2, 0.25) is 0 Å². The first-order valence-electron chi connectivity index (χ1n) is 3.59. The first kappa shape index (κ1) is 8.43. The van der Waals surface area contributed by atoms with Gasteiger partial charge in [-0.05, 0) is 6.42 Å². The predicted molar refractivity (Wildman–Crippen MR) is 34.5 cm³/mol. The SMILES string of the molecule is CCC1C(C(=O)O)CC1(F)F. The number of hydrogen-bond acceptors (Lipinski definition) is 1. The topological polar surface area (TPSA) is 37.3 Å². The summed E-state index contributed by atoms with van der Waals surface area (Å²) in [6.07, 6.45) is -0.245. The highest BCUT2D eigenvalue weighted by Crippen LogP contribution is 2.49. The zero-order chi connectivity index (χ0) is 8.65. The number of rotatable bonds is 2. The molecule has 0 heterocycles. The molecule has 1 N–H and O–H groups in total. The Morgan fingerprint density at radius 3 is 2.45 bits per heavy atom. The second-order valence-electron chi connectivity index (χ2n) is 2.92. The molecule has 4 heteroatoms. The van der Waals surface area contributed by atoms with Crippen LogP contribution in [0.2, 0.25) is 0 Å². The minimum absolute atomic E-state index is 0.240. The van der Waals surface area contributed by atoms with E-state index in [0.717, 1.165) is 0 Å². The van der Waals surface area contributed by atoms with Crippen LogP contribution in [-0.4, -0.2) is 17.0 Å². The maximum atomic E-state index is 12.6. The van der Waals surface area contributed by atoms with Gasteiger partial charge in [-0.3, -0.25) is 4.79 Å². The maximum absolute atomic E-state index is 12.6. The summed E-state index contributed by atoms with van der Waals surface area (Å²) >= 11 is 0. The van der Waals surface area contributed by atoms with Crippen LogP contribution in [0.15, 0.2) is 0 Å². The van der Waals surface area contributed by atoms with E-state index in [0.29, 0.717) is 0 Å². The minimum atomic E-state index is -2.74. The van der Waals surface area contributed by atoms with Crippen molar-refractivity contribution in [2.75, 3.05) is 0 Å². The zero-order valence-electron chi connectivity index (χ0n) is 6.18. The van der Waals surface area contributed by atoms with Gasteiger partial charge in [0.15, 0.2) is 0 Å². The van der Waals surface area contributed by atoms with Gasteiger partial charge >= 0.3 is 5.97 Å². The number of hydrogen-bond donors (Lipinski definition) is 1. The van der Waals surface area contributed by atoms with Gasteiger partial charge in [0.05, 0.1) is 5.92 Å². The maximum Gasteiger partial charge on any atom is 0.307 e. The third-order valence-corrected chi connectivity index (χ3v) is 2.28. The lowest BCUT2D eigenvalue weighted by molar-refractivity contribution is -0.195. The predicted octanol–water partition coefficient (Wildman–Crippen LogP) is 1.75. The van der Waals surface area contributed by atoms with Gasteiger partial charge in [-0.2, -0.15) is 0 Å².